The molecule has 3 heteroatoms. The number of hydrogen-bond acceptors (Lipinski definition) is 2. The van der Waals surface area contributed by atoms with E-state index >= 15 is 0 Å². The first-order chi connectivity index (χ1) is 13.5. The molecule has 0 atom stereocenters. The molecule has 1 saturated heterocycles. The zero-order valence-electron chi connectivity index (χ0n) is 18.5. The van der Waals surface area contributed by atoms with Crippen LogP contribution in [0.5, 0.6) is 0 Å². The van der Waals surface area contributed by atoms with Gasteiger partial charge in [0.25, 0.3) is 0 Å². The highest BCUT2D eigenvalue weighted by Crippen LogP contribution is 2.41. The highest BCUT2D eigenvalue weighted by Gasteiger charge is 2.52. The molecular formula is C26H29BO2. The minimum atomic E-state index is -0.355. The molecule has 1 heterocycles. The summed E-state index contributed by atoms with van der Waals surface area (Å²) >= 11 is 0. The van der Waals surface area contributed by atoms with E-state index < -0.39 is 0 Å². The van der Waals surface area contributed by atoms with Crippen molar-refractivity contribution in [2.75, 3.05) is 0 Å². The summed E-state index contributed by atoms with van der Waals surface area (Å²) in [5, 5.41) is 7.82. The standard InChI is InChI=1S/C26H29BO2/c1-24(2,3)20-15-17-12-14-21(27-28-25(4,5)26(6,7)29-27)19-13-11-16-9-8-10-18(20)22(16)23(17)19/h8-15H,1-7H3. The first-order valence-corrected chi connectivity index (χ1v) is 10.6. The van der Waals surface area contributed by atoms with E-state index in [-0.39, 0.29) is 23.7 Å². The molecule has 148 valence electrons. The second-order valence-corrected chi connectivity index (χ2v) is 10.5. The maximum absolute atomic E-state index is 6.40. The molecule has 2 nitrogen and oxygen atoms in total. The molecule has 29 heavy (non-hydrogen) atoms. The Morgan fingerprint density at radius 1 is 0.724 bits per heavy atom. The fraction of sp³-hybridized carbons (Fsp3) is 0.385. The first-order valence-electron chi connectivity index (χ1n) is 10.6. The summed E-state index contributed by atoms with van der Waals surface area (Å²) in [6.07, 6.45) is 0. The van der Waals surface area contributed by atoms with Gasteiger partial charge in [0.15, 0.2) is 0 Å². The number of rotatable bonds is 1. The maximum Gasteiger partial charge on any atom is 0.495 e. The SMILES string of the molecule is CC(C)(C)c1cc2ccc(B3OC(C)(C)C(C)(C)O3)c3ccc4cccc1c4c23. The van der Waals surface area contributed by atoms with Gasteiger partial charge in [-0.05, 0) is 82.5 Å². The average Bonchev–Trinajstić information content (AvgIpc) is 2.85. The average molecular weight is 384 g/mol. The van der Waals surface area contributed by atoms with Crippen molar-refractivity contribution in [3.05, 3.63) is 54.1 Å². The van der Waals surface area contributed by atoms with Crippen LogP contribution in [-0.4, -0.2) is 18.3 Å². The summed E-state index contributed by atoms with van der Waals surface area (Å²) in [5.74, 6) is 0. The van der Waals surface area contributed by atoms with E-state index in [1.165, 1.54) is 37.9 Å². The van der Waals surface area contributed by atoms with Crippen LogP contribution in [0.2, 0.25) is 0 Å². The van der Waals surface area contributed by atoms with Crippen LogP contribution in [0, 0.1) is 0 Å². The summed E-state index contributed by atoms with van der Waals surface area (Å²) in [7, 11) is -0.355. The Morgan fingerprint density at radius 2 is 1.34 bits per heavy atom. The van der Waals surface area contributed by atoms with Crippen LogP contribution >= 0.6 is 0 Å². The molecule has 0 bridgehead atoms. The minimum Gasteiger partial charge on any atom is -0.399 e. The quantitative estimate of drug-likeness (QED) is 0.288. The van der Waals surface area contributed by atoms with E-state index in [2.05, 4.69) is 97.0 Å². The van der Waals surface area contributed by atoms with Crippen molar-refractivity contribution in [2.24, 2.45) is 0 Å². The predicted molar refractivity (Wildman–Crippen MR) is 125 cm³/mol. The van der Waals surface area contributed by atoms with Crippen LogP contribution < -0.4 is 5.46 Å². The Labute approximate surface area is 173 Å². The van der Waals surface area contributed by atoms with Gasteiger partial charge in [-0.3, -0.25) is 0 Å². The molecule has 4 aromatic carbocycles. The topological polar surface area (TPSA) is 18.5 Å². The van der Waals surface area contributed by atoms with Gasteiger partial charge < -0.3 is 9.31 Å². The van der Waals surface area contributed by atoms with Crippen molar-refractivity contribution in [3.63, 3.8) is 0 Å². The van der Waals surface area contributed by atoms with Gasteiger partial charge in [0, 0.05) is 0 Å². The molecule has 0 saturated carbocycles. The fourth-order valence-electron chi connectivity index (χ4n) is 4.65. The first kappa shape index (κ1) is 18.9. The normalized spacial score (nSPS) is 19.1. The molecule has 1 aliphatic rings. The Hall–Kier alpha value is -2.10. The Morgan fingerprint density at radius 3 is 2.00 bits per heavy atom. The second kappa shape index (κ2) is 5.74. The highest BCUT2D eigenvalue weighted by atomic mass is 16.7. The largest absolute Gasteiger partial charge is 0.495 e. The van der Waals surface area contributed by atoms with Gasteiger partial charge in [-0.15, -0.1) is 0 Å². The van der Waals surface area contributed by atoms with Crippen LogP contribution in [0.3, 0.4) is 0 Å². The van der Waals surface area contributed by atoms with E-state index in [1.807, 2.05) is 0 Å². The molecule has 0 unspecified atom stereocenters. The van der Waals surface area contributed by atoms with Crippen molar-refractivity contribution < 1.29 is 9.31 Å². The Bertz CT molecular complexity index is 1230. The number of benzene rings is 4. The summed E-state index contributed by atoms with van der Waals surface area (Å²) in [6, 6.07) is 17.9. The predicted octanol–water partition coefficient (Wildman–Crippen LogP) is 6.18. The smallest absolute Gasteiger partial charge is 0.399 e. The lowest BCUT2D eigenvalue weighted by Crippen LogP contribution is -2.41. The molecule has 0 spiro atoms. The Balaban J connectivity index is 1.83. The lowest BCUT2D eigenvalue weighted by atomic mass is 9.73. The third kappa shape index (κ3) is 2.64. The van der Waals surface area contributed by atoms with Crippen molar-refractivity contribution in [1.82, 2.24) is 0 Å². The van der Waals surface area contributed by atoms with Gasteiger partial charge in [0.2, 0.25) is 0 Å². The monoisotopic (exact) mass is 384 g/mol. The molecule has 0 N–H and O–H groups in total. The molecule has 0 amide bonds. The summed E-state index contributed by atoms with van der Waals surface area (Å²) in [4.78, 5) is 0. The fourth-order valence-corrected chi connectivity index (χ4v) is 4.65. The van der Waals surface area contributed by atoms with Crippen LogP contribution in [0.1, 0.15) is 54.0 Å². The highest BCUT2D eigenvalue weighted by molar-refractivity contribution is 6.65. The van der Waals surface area contributed by atoms with Gasteiger partial charge in [-0.2, -0.15) is 0 Å². The van der Waals surface area contributed by atoms with Crippen molar-refractivity contribution in [2.45, 2.75) is 65.1 Å². The molecule has 0 aromatic heterocycles. The number of hydrogen-bond donors (Lipinski definition) is 0. The lowest BCUT2D eigenvalue weighted by Gasteiger charge is -2.32. The van der Waals surface area contributed by atoms with E-state index in [1.54, 1.807) is 0 Å². The van der Waals surface area contributed by atoms with Crippen molar-refractivity contribution in [1.29, 1.82) is 0 Å². The van der Waals surface area contributed by atoms with Crippen molar-refractivity contribution in [3.8, 4) is 0 Å². The van der Waals surface area contributed by atoms with E-state index in [4.69, 9.17) is 9.31 Å². The molecule has 1 fully saturated rings. The second-order valence-electron chi connectivity index (χ2n) is 10.5. The lowest BCUT2D eigenvalue weighted by molar-refractivity contribution is 0.00578. The third-order valence-electron chi connectivity index (χ3n) is 6.99. The van der Waals surface area contributed by atoms with Crippen LogP contribution in [0.25, 0.3) is 32.3 Å². The summed E-state index contributed by atoms with van der Waals surface area (Å²) in [5.41, 5.74) is 1.90. The van der Waals surface area contributed by atoms with Gasteiger partial charge in [-0.25, -0.2) is 0 Å². The third-order valence-corrected chi connectivity index (χ3v) is 6.99. The summed E-state index contributed by atoms with van der Waals surface area (Å²) < 4.78 is 12.8. The van der Waals surface area contributed by atoms with Gasteiger partial charge in [0.1, 0.15) is 0 Å². The maximum atomic E-state index is 6.40. The molecule has 0 aliphatic carbocycles. The van der Waals surface area contributed by atoms with E-state index in [0.717, 1.165) is 5.46 Å². The molecular weight excluding hydrogens is 355 g/mol. The molecule has 1 aliphatic heterocycles. The molecule has 0 radical (unpaired) electrons. The van der Waals surface area contributed by atoms with Crippen LogP contribution in [0.15, 0.2) is 48.5 Å². The van der Waals surface area contributed by atoms with E-state index in [0.29, 0.717) is 0 Å². The molecule has 4 aromatic rings. The zero-order valence-corrected chi connectivity index (χ0v) is 18.5. The van der Waals surface area contributed by atoms with E-state index in [9.17, 15) is 0 Å². The molecule has 5 rings (SSSR count). The van der Waals surface area contributed by atoms with Gasteiger partial charge in [0.05, 0.1) is 11.2 Å². The zero-order chi connectivity index (χ0) is 20.8. The Kier molecular flexibility index (Phi) is 3.74. The van der Waals surface area contributed by atoms with Gasteiger partial charge in [-0.1, -0.05) is 63.2 Å². The van der Waals surface area contributed by atoms with Crippen LogP contribution in [0.4, 0.5) is 0 Å². The summed E-state index contributed by atoms with van der Waals surface area (Å²) in [6.45, 7) is 15.3. The minimum absolute atomic E-state index is 0.0819. The van der Waals surface area contributed by atoms with Crippen molar-refractivity contribution >= 4 is 44.9 Å². The van der Waals surface area contributed by atoms with Crippen LogP contribution in [-0.2, 0) is 14.7 Å². The van der Waals surface area contributed by atoms with Gasteiger partial charge >= 0.3 is 7.12 Å².